The van der Waals surface area contributed by atoms with Crippen molar-refractivity contribution in [3.63, 3.8) is 0 Å². The Balaban J connectivity index is 2.21. The van der Waals surface area contributed by atoms with Gasteiger partial charge in [-0.05, 0) is 50.9 Å². The number of halogens is 2. The van der Waals surface area contributed by atoms with Crippen LogP contribution in [-0.4, -0.2) is 38.9 Å². The topological polar surface area (TPSA) is 49.4 Å². The van der Waals surface area contributed by atoms with Crippen LogP contribution in [0, 0.1) is 0 Å². The molecule has 4 nitrogen and oxygen atoms in total. The van der Waals surface area contributed by atoms with Gasteiger partial charge in [-0.2, -0.15) is 4.31 Å². The Morgan fingerprint density at radius 2 is 1.81 bits per heavy atom. The van der Waals surface area contributed by atoms with E-state index < -0.39 is 10.0 Å². The molecule has 0 spiro atoms. The molecule has 0 aliphatic heterocycles. The zero-order valence-corrected chi connectivity index (χ0v) is 14.5. The van der Waals surface area contributed by atoms with Crippen molar-refractivity contribution in [2.24, 2.45) is 0 Å². The summed E-state index contributed by atoms with van der Waals surface area (Å²) in [5.41, 5.74) is 0. The van der Waals surface area contributed by atoms with E-state index in [2.05, 4.69) is 5.32 Å². The van der Waals surface area contributed by atoms with Gasteiger partial charge in [0.05, 0.1) is 5.02 Å². The Morgan fingerprint density at radius 3 is 2.38 bits per heavy atom. The third kappa shape index (κ3) is 3.71. The van der Waals surface area contributed by atoms with Crippen molar-refractivity contribution in [1.82, 2.24) is 9.62 Å². The normalized spacial score (nSPS) is 23.5. The highest BCUT2D eigenvalue weighted by atomic mass is 35.5. The lowest BCUT2D eigenvalue weighted by molar-refractivity contribution is 0.255. The first kappa shape index (κ1) is 17.0. The van der Waals surface area contributed by atoms with E-state index in [0.717, 1.165) is 25.7 Å². The maximum absolute atomic E-state index is 12.7. The summed E-state index contributed by atoms with van der Waals surface area (Å²) >= 11 is 11.9. The largest absolute Gasteiger partial charge is 0.317 e. The smallest absolute Gasteiger partial charge is 0.244 e. The highest BCUT2D eigenvalue weighted by molar-refractivity contribution is 7.89. The molecule has 0 amide bonds. The Labute approximate surface area is 136 Å². The molecule has 1 saturated carbocycles. The molecule has 21 heavy (non-hydrogen) atoms. The zero-order valence-electron chi connectivity index (χ0n) is 12.1. The summed E-state index contributed by atoms with van der Waals surface area (Å²) in [4.78, 5) is 0.0786. The van der Waals surface area contributed by atoms with E-state index in [4.69, 9.17) is 23.2 Å². The van der Waals surface area contributed by atoms with Gasteiger partial charge in [-0.3, -0.25) is 0 Å². The summed E-state index contributed by atoms with van der Waals surface area (Å²) in [5.74, 6) is 0. The van der Waals surface area contributed by atoms with Crippen LogP contribution >= 0.6 is 23.2 Å². The molecule has 7 heteroatoms. The lowest BCUT2D eigenvalue weighted by atomic mass is 9.91. The van der Waals surface area contributed by atoms with Crippen LogP contribution in [0.4, 0.5) is 0 Å². The van der Waals surface area contributed by atoms with Crippen molar-refractivity contribution < 1.29 is 8.42 Å². The molecule has 0 saturated heterocycles. The Kier molecular flexibility index (Phi) is 5.54. The molecule has 0 bridgehead atoms. The standard InChI is InChI=1S/C14H20Cl2N2O2S/c1-17-11-4-6-12(7-5-11)18(2)21(19,20)14-9-10(15)3-8-13(14)16/h3,8-9,11-12,17H,4-7H2,1-2H3. The fourth-order valence-electron chi connectivity index (χ4n) is 2.75. The van der Waals surface area contributed by atoms with Crippen LogP contribution < -0.4 is 5.32 Å². The summed E-state index contributed by atoms with van der Waals surface area (Å²) in [5, 5.41) is 3.81. The van der Waals surface area contributed by atoms with Gasteiger partial charge < -0.3 is 5.32 Å². The summed E-state index contributed by atoms with van der Waals surface area (Å²) in [6.45, 7) is 0. The lowest BCUT2D eigenvalue weighted by Gasteiger charge is -2.34. The third-order valence-corrected chi connectivity index (χ3v) is 6.80. The molecule has 0 heterocycles. The van der Waals surface area contributed by atoms with Crippen LogP contribution in [0.2, 0.25) is 10.0 Å². The Bertz CT molecular complexity index is 599. The van der Waals surface area contributed by atoms with Gasteiger partial charge in [0.2, 0.25) is 10.0 Å². The second kappa shape index (κ2) is 6.84. The minimum atomic E-state index is -3.62. The molecule has 0 aromatic heterocycles. The third-order valence-electron chi connectivity index (χ3n) is 4.17. The van der Waals surface area contributed by atoms with Crippen molar-refractivity contribution in [2.45, 2.75) is 42.7 Å². The first-order chi connectivity index (χ1) is 9.86. The highest BCUT2D eigenvalue weighted by Gasteiger charge is 2.32. The molecule has 0 atom stereocenters. The van der Waals surface area contributed by atoms with Crippen molar-refractivity contribution in [3.05, 3.63) is 28.2 Å². The molecule has 1 aliphatic carbocycles. The van der Waals surface area contributed by atoms with Gasteiger partial charge in [0, 0.05) is 24.2 Å². The monoisotopic (exact) mass is 350 g/mol. The van der Waals surface area contributed by atoms with E-state index in [1.165, 1.54) is 16.4 Å². The van der Waals surface area contributed by atoms with Crippen molar-refractivity contribution in [3.8, 4) is 0 Å². The van der Waals surface area contributed by atoms with Gasteiger partial charge in [-0.15, -0.1) is 0 Å². The number of sulfonamides is 1. The maximum Gasteiger partial charge on any atom is 0.244 e. The van der Waals surface area contributed by atoms with Gasteiger partial charge in [-0.25, -0.2) is 8.42 Å². The second-order valence-electron chi connectivity index (χ2n) is 5.39. The highest BCUT2D eigenvalue weighted by Crippen LogP contribution is 2.31. The average Bonchev–Trinajstić information content (AvgIpc) is 2.49. The number of hydrogen-bond acceptors (Lipinski definition) is 3. The van der Waals surface area contributed by atoms with Gasteiger partial charge >= 0.3 is 0 Å². The number of nitrogens with zero attached hydrogens (tertiary/aromatic N) is 1. The van der Waals surface area contributed by atoms with Crippen LogP contribution in [0.1, 0.15) is 25.7 Å². The first-order valence-corrected chi connectivity index (χ1v) is 9.16. The van der Waals surface area contributed by atoms with Crippen LogP contribution in [0.5, 0.6) is 0 Å². The molecule has 118 valence electrons. The molecule has 2 rings (SSSR count). The average molecular weight is 351 g/mol. The predicted octanol–water partition coefficient (Wildman–Crippen LogP) is 3.14. The Hall–Kier alpha value is -0.330. The summed E-state index contributed by atoms with van der Waals surface area (Å²) in [6.07, 6.45) is 3.65. The van der Waals surface area contributed by atoms with E-state index in [-0.39, 0.29) is 16.0 Å². The predicted molar refractivity (Wildman–Crippen MR) is 86.5 cm³/mol. The van der Waals surface area contributed by atoms with E-state index in [1.807, 2.05) is 7.05 Å². The first-order valence-electron chi connectivity index (χ1n) is 6.96. The number of rotatable bonds is 4. The molecule has 0 unspecified atom stereocenters. The van der Waals surface area contributed by atoms with Gasteiger partial charge in [0.15, 0.2) is 0 Å². The minimum Gasteiger partial charge on any atom is -0.317 e. The molecule has 1 aromatic carbocycles. The van der Waals surface area contributed by atoms with Crippen LogP contribution in [0.15, 0.2) is 23.1 Å². The molecule has 1 aromatic rings. The Morgan fingerprint density at radius 1 is 1.19 bits per heavy atom. The molecule has 0 radical (unpaired) electrons. The van der Waals surface area contributed by atoms with E-state index in [9.17, 15) is 8.42 Å². The van der Waals surface area contributed by atoms with Gasteiger partial charge in [-0.1, -0.05) is 23.2 Å². The lowest BCUT2D eigenvalue weighted by Crippen LogP contribution is -2.42. The van der Waals surface area contributed by atoms with Gasteiger partial charge in [0.1, 0.15) is 4.90 Å². The molecule has 1 fully saturated rings. The number of hydrogen-bond donors (Lipinski definition) is 1. The van der Waals surface area contributed by atoms with E-state index in [1.54, 1.807) is 13.1 Å². The van der Waals surface area contributed by atoms with E-state index >= 15 is 0 Å². The van der Waals surface area contributed by atoms with Crippen LogP contribution in [0.25, 0.3) is 0 Å². The number of nitrogens with one attached hydrogen (secondary N) is 1. The molecule has 1 aliphatic rings. The SMILES string of the molecule is CNC1CCC(N(C)S(=O)(=O)c2cc(Cl)ccc2Cl)CC1. The molecular formula is C14H20Cl2N2O2S. The fraction of sp³-hybridized carbons (Fsp3) is 0.571. The second-order valence-corrected chi connectivity index (χ2v) is 8.20. The quantitative estimate of drug-likeness (QED) is 0.907. The molecule has 1 N–H and O–H groups in total. The summed E-state index contributed by atoms with van der Waals surface area (Å²) in [6, 6.07) is 5.00. The van der Waals surface area contributed by atoms with Crippen molar-refractivity contribution in [2.75, 3.05) is 14.1 Å². The maximum atomic E-state index is 12.7. The van der Waals surface area contributed by atoms with Crippen molar-refractivity contribution >= 4 is 33.2 Å². The zero-order chi connectivity index (χ0) is 15.6. The minimum absolute atomic E-state index is 0.00893. The van der Waals surface area contributed by atoms with Crippen LogP contribution in [-0.2, 0) is 10.0 Å². The summed E-state index contributed by atoms with van der Waals surface area (Å²) in [7, 11) is -0.0558. The van der Waals surface area contributed by atoms with Crippen molar-refractivity contribution in [1.29, 1.82) is 0 Å². The fourth-order valence-corrected chi connectivity index (χ4v) is 4.91. The van der Waals surface area contributed by atoms with E-state index in [0.29, 0.717) is 11.1 Å². The van der Waals surface area contributed by atoms with Gasteiger partial charge in [0.25, 0.3) is 0 Å². The van der Waals surface area contributed by atoms with Crippen LogP contribution in [0.3, 0.4) is 0 Å². The summed E-state index contributed by atoms with van der Waals surface area (Å²) < 4.78 is 26.9. The molecular weight excluding hydrogens is 331 g/mol. The number of benzene rings is 1.